The van der Waals surface area contributed by atoms with Gasteiger partial charge in [-0.1, -0.05) is 12.1 Å². The predicted octanol–water partition coefficient (Wildman–Crippen LogP) is 1.35. The van der Waals surface area contributed by atoms with E-state index in [1.165, 1.54) is 5.56 Å². The highest BCUT2D eigenvalue weighted by Crippen LogP contribution is 2.18. The third kappa shape index (κ3) is 4.04. The highest BCUT2D eigenvalue weighted by molar-refractivity contribution is 5.76. The summed E-state index contributed by atoms with van der Waals surface area (Å²) >= 11 is 0. The van der Waals surface area contributed by atoms with Crippen LogP contribution in [0.25, 0.3) is 0 Å². The number of likely N-dealkylation sites (N-methyl/N-ethyl adjacent to an activating group) is 1. The van der Waals surface area contributed by atoms with E-state index >= 15 is 0 Å². The fourth-order valence-electron chi connectivity index (χ4n) is 1.83. The van der Waals surface area contributed by atoms with Crippen LogP contribution in [0.15, 0.2) is 18.2 Å². The summed E-state index contributed by atoms with van der Waals surface area (Å²) in [6, 6.07) is 6.10. The van der Waals surface area contributed by atoms with Crippen molar-refractivity contribution < 1.29 is 9.53 Å². The van der Waals surface area contributed by atoms with E-state index in [2.05, 4.69) is 6.07 Å². The number of amides is 1. The number of ether oxygens (including phenoxy) is 1. The first-order chi connectivity index (χ1) is 8.58. The Balaban J connectivity index is 2.53. The van der Waals surface area contributed by atoms with E-state index in [1.54, 1.807) is 12.0 Å². The largest absolute Gasteiger partial charge is 0.496 e. The van der Waals surface area contributed by atoms with Gasteiger partial charge in [0.1, 0.15) is 5.75 Å². The van der Waals surface area contributed by atoms with Crippen LogP contribution in [-0.4, -0.2) is 38.1 Å². The van der Waals surface area contributed by atoms with Crippen molar-refractivity contribution in [1.29, 1.82) is 0 Å². The van der Waals surface area contributed by atoms with Gasteiger partial charge in [-0.2, -0.15) is 0 Å². The molecule has 0 aromatic heterocycles. The summed E-state index contributed by atoms with van der Waals surface area (Å²) < 4.78 is 5.22. The molecule has 0 unspecified atom stereocenters. The minimum Gasteiger partial charge on any atom is -0.496 e. The first kappa shape index (κ1) is 14.5. The number of rotatable bonds is 6. The highest BCUT2D eigenvalue weighted by atomic mass is 16.5. The molecule has 0 atom stereocenters. The number of benzene rings is 1. The van der Waals surface area contributed by atoms with Gasteiger partial charge in [0.15, 0.2) is 0 Å². The molecule has 0 aliphatic carbocycles. The van der Waals surface area contributed by atoms with E-state index in [9.17, 15) is 4.79 Å². The second kappa shape index (κ2) is 7.01. The van der Waals surface area contributed by atoms with Crippen LogP contribution in [0, 0.1) is 6.92 Å². The molecule has 0 bridgehead atoms. The molecule has 18 heavy (non-hydrogen) atoms. The van der Waals surface area contributed by atoms with Gasteiger partial charge in [0.2, 0.25) is 5.91 Å². The lowest BCUT2D eigenvalue weighted by Gasteiger charge is -2.17. The van der Waals surface area contributed by atoms with E-state index < -0.39 is 0 Å². The van der Waals surface area contributed by atoms with Crippen LogP contribution in [0.3, 0.4) is 0 Å². The molecule has 0 heterocycles. The van der Waals surface area contributed by atoms with Crippen molar-refractivity contribution in [2.75, 3.05) is 27.2 Å². The quantitative estimate of drug-likeness (QED) is 0.829. The molecule has 0 saturated heterocycles. The molecule has 0 fully saturated rings. The lowest BCUT2D eigenvalue weighted by Crippen LogP contribution is -2.30. The van der Waals surface area contributed by atoms with E-state index in [1.807, 2.05) is 26.1 Å². The molecule has 0 aliphatic rings. The summed E-state index contributed by atoms with van der Waals surface area (Å²) in [4.78, 5) is 13.3. The summed E-state index contributed by atoms with van der Waals surface area (Å²) in [6.07, 6.45) is 1.26. The molecule has 1 amide bonds. The number of carbonyl (C=O) groups excluding carboxylic acids is 1. The average Bonchev–Trinajstić information content (AvgIpc) is 2.36. The molecule has 0 radical (unpaired) electrons. The first-order valence-corrected chi connectivity index (χ1v) is 6.16. The van der Waals surface area contributed by atoms with Crippen LogP contribution in [0.1, 0.15) is 17.5 Å². The smallest absolute Gasteiger partial charge is 0.223 e. The van der Waals surface area contributed by atoms with Gasteiger partial charge in [0.25, 0.3) is 0 Å². The van der Waals surface area contributed by atoms with Gasteiger partial charge < -0.3 is 15.4 Å². The zero-order valence-corrected chi connectivity index (χ0v) is 11.4. The van der Waals surface area contributed by atoms with E-state index in [4.69, 9.17) is 10.5 Å². The average molecular weight is 250 g/mol. The number of carbonyl (C=O) groups is 1. The number of hydrogen-bond acceptors (Lipinski definition) is 3. The van der Waals surface area contributed by atoms with E-state index in [-0.39, 0.29) is 5.91 Å². The van der Waals surface area contributed by atoms with Gasteiger partial charge in [-0.25, -0.2) is 0 Å². The fraction of sp³-hybridized carbons (Fsp3) is 0.500. The molecule has 2 N–H and O–H groups in total. The van der Waals surface area contributed by atoms with Gasteiger partial charge >= 0.3 is 0 Å². The molecule has 1 rings (SSSR count). The predicted molar refractivity (Wildman–Crippen MR) is 72.7 cm³/mol. The maximum atomic E-state index is 11.6. The van der Waals surface area contributed by atoms with Crippen molar-refractivity contribution in [3.63, 3.8) is 0 Å². The Kier molecular flexibility index (Phi) is 5.65. The minimum absolute atomic E-state index is 0.0998. The third-order valence-corrected chi connectivity index (χ3v) is 2.98. The highest BCUT2D eigenvalue weighted by Gasteiger charge is 2.07. The summed E-state index contributed by atoms with van der Waals surface area (Å²) in [6.45, 7) is 3.14. The number of nitrogens with two attached hydrogens (primary N) is 1. The fourth-order valence-corrected chi connectivity index (χ4v) is 1.83. The Morgan fingerprint density at radius 1 is 1.44 bits per heavy atom. The van der Waals surface area contributed by atoms with Crippen LogP contribution in [0.4, 0.5) is 0 Å². The van der Waals surface area contributed by atoms with Crippen LogP contribution < -0.4 is 10.5 Å². The van der Waals surface area contributed by atoms with E-state index in [0.29, 0.717) is 19.5 Å². The van der Waals surface area contributed by atoms with Gasteiger partial charge in [-0.05, 0) is 30.5 Å². The normalized spacial score (nSPS) is 10.2. The van der Waals surface area contributed by atoms with Crippen LogP contribution in [0.5, 0.6) is 5.75 Å². The number of hydrogen-bond donors (Lipinski definition) is 1. The second-order valence-electron chi connectivity index (χ2n) is 4.41. The molecule has 1 aromatic carbocycles. The third-order valence-electron chi connectivity index (χ3n) is 2.98. The van der Waals surface area contributed by atoms with Crippen LogP contribution in [-0.2, 0) is 11.2 Å². The second-order valence-corrected chi connectivity index (χ2v) is 4.41. The summed E-state index contributed by atoms with van der Waals surface area (Å²) in [5.74, 6) is 0.994. The summed E-state index contributed by atoms with van der Waals surface area (Å²) in [7, 11) is 3.48. The standard InChI is InChI=1S/C14H22N2O2/c1-11-10-12(4-5-13(11)18-3)7-9-16(2)14(17)6-8-15/h4-5,10H,6-9,15H2,1-3H3. The van der Waals surface area contributed by atoms with Gasteiger partial charge in [0.05, 0.1) is 7.11 Å². The van der Waals surface area contributed by atoms with Crippen molar-refractivity contribution in [2.45, 2.75) is 19.8 Å². The lowest BCUT2D eigenvalue weighted by atomic mass is 10.1. The first-order valence-electron chi connectivity index (χ1n) is 6.16. The minimum atomic E-state index is 0.0998. The maximum absolute atomic E-state index is 11.6. The van der Waals surface area contributed by atoms with Crippen molar-refractivity contribution in [3.8, 4) is 5.75 Å². The molecule has 1 aromatic rings. The van der Waals surface area contributed by atoms with Gasteiger partial charge in [0, 0.05) is 26.6 Å². The Labute approximate surface area is 109 Å². The van der Waals surface area contributed by atoms with Crippen molar-refractivity contribution in [2.24, 2.45) is 5.73 Å². The summed E-state index contributed by atoms with van der Waals surface area (Å²) in [5, 5.41) is 0. The van der Waals surface area contributed by atoms with Crippen molar-refractivity contribution >= 4 is 5.91 Å². The summed E-state index contributed by atoms with van der Waals surface area (Å²) in [5.41, 5.74) is 7.69. The Morgan fingerprint density at radius 2 is 2.17 bits per heavy atom. The topological polar surface area (TPSA) is 55.6 Å². The Morgan fingerprint density at radius 3 is 2.72 bits per heavy atom. The Hall–Kier alpha value is -1.55. The van der Waals surface area contributed by atoms with Gasteiger partial charge in [-0.3, -0.25) is 4.79 Å². The monoisotopic (exact) mass is 250 g/mol. The molecular weight excluding hydrogens is 228 g/mol. The molecule has 0 aliphatic heterocycles. The van der Waals surface area contributed by atoms with E-state index in [0.717, 1.165) is 17.7 Å². The molecule has 0 saturated carbocycles. The van der Waals surface area contributed by atoms with Gasteiger partial charge in [-0.15, -0.1) is 0 Å². The number of methoxy groups -OCH3 is 1. The molecule has 4 nitrogen and oxygen atoms in total. The Bertz CT molecular complexity index is 405. The van der Waals surface area contributed by atoms with Crippen molar-refractivity contribution in [1.82, 2.24) is 4.90 Å². The SMILES string of the molecule is COc1ccc(CCN(C)C(=O)CCN)cc1C. The number of aryl methyl sites for hydroxylation is 1. The molecule has 4 heteroatoms. The zero-order chi connectivity index (χ0) is 13.5. The molecule has 100 valence electrons. The van der Waals surface area contributed by atoms with Crippen LogP contribution in [0.2, 0.25) is 0 Å². The lowest BCUT2D eigenvalue weighted by molar-refractivity contribution is -0.129. The maximum Gasteiger partial charge on any atom is 0.223 e. The van der Waals surface area contributed by atoms with Crippen LogP contribution >= 0.6 is 0 Å². The molecular formula is C14H22N2O2. The zero-order valence-electron chi connectivity index (χ0n) is 11.4. The number of nitrogens with zero attached hydrogens (tertiary/aromatic N) is 1. The van der Waals surface area contributed by atoms with Crippen molar-refractivity contribution in [3.05, 3.63) is 29.3 Å². The molecule has 0 spiro atoms.